The molecule has 0 spiro atoms. The third-order valence-electron chi connectivity index (χ3n) is 2.67. The maximum Gasteiger partial charge on any atom is 0.310 e. The number of carbonyl (C=O) groups excluding carboxylic acids is 1. The van der Waals surface area contributed by atoms with Gasteiger partial charge in [-0.15, -0.1) is 11.3 Å². The maximum atomic E-state index is 12.2. The van der Waals surface area contributed by atoms with Gasteiger partial charge in [0.15, 0.2) is 0 Å². The minimum Gasteiger partial charge on any atom is -0.466 e. The summed E-state index contributed by atoms with van der Waals surface area (Å²) in [7, 11) is -3.59. The van der Waals surface area contributed by atoms with Gasteiger partial charge in [-0.2, -0.15) is 0 Å². The number of rotatable bonds is 6. The quantitative estimate of drug-likeness (QED) is 0.749. The summed E-state index contributed by atoms with van der Waals surface area (Å²) in [6, 6.07) is 9.84. The number of hydrogen-bond acceptors (Lipinski definition) is 5. The Morgan fingerprint density at radius 1 is 1.23 bits per heavy atom. The number of anilines is 1. The van der Waals surface area contributed by atoms with Gasteiger partial charge in [0, 0.05) is 5.69 Å². The van der Waals surface area contributed by atoms with Gasteiger partial charge in [-0.25, -0.2) is 8.42 Å². The van der Waals surface area contributed by atoms with Crippen molar-refractivity contribution < 1.29 is 17.9 Å². The lowest BCUT2D eigenvalue weighted by atomic mass is 10.1. The maximum absolute atomic E-state index is 12.2. The fourth-order valence-corrected chi connectivity index (χ4v) is 4.79. The summed E-state index contributed by atoms with van der Waals surface area (Å²) >= 11 is 4.37. The molecule has 8 heteroatoms. The highest BCUT2D eigenvalue weighted by Crippen LogP contribution is 2.27. The molecule has 0 saturated heterocycles. The molecule has 22 heavy (non-hydrogen) atoms. The van der Waals surface area contributed by atoms with Crippen molar-refractivity contribution in [2.75, 3.05) is 11.3 Å². The first kappa shape index (κ1) is 17.0. The van der Waals surface area contributed by atoms with E-state index in [1.807, 2.05) is 0 Å². The molecule has 0 amide bonds. The van der Waals surface area contributed by atoms with E-state index in [1.165, 1.54) is 6.07 Å². The minimum atomic E-state index is -3.59. The van der Waals surface area contributed by atoms with E-state index < -0.39 is 10.0 Å². The Morgan fingerprint density at radius 2 is 1.91 bits per heavy atom. The Labute approximate surface area is 141 Å². The van der Waals surface area contributed by atoms with Gasteiger partial charge in [-0.05, 0) is 52.7 Å². The van der Waals surface area contributed by atoms with E-state index in [-0.39, 0.29) is 16.6 Å². The molecule has 2 aromatic rings. The molecule has 1 N–H and O–H groups in total. The van der Waals surface area contributed by atoms with Gasteiger partial charge in [-0.3, -0.25) is 9.52 Å². The number of carbonyl (C=O) groups is 1. The number of halogens is 1. The van der Waals surface area contributed by atoms with Crippen LogP contribution in [0.2, 0.25) is 0 Å². The third kappa shape index (κ3) is 4.56. The van der Waals surface area contributed by atoms with Crippen LogP contribution in [0.15, 0.2) is 44.4 Å². The first-order valence-corrected chi connectivity index (χ1v) is 9.52. The summed E-state index contributed by atoms with van der Waals surface area (Å²) in [5.74, 6) is -0.306. The minimum absolute atomic E-state index is 0.165. The Balaban J connectivity index is 2.06. The summed E-state index contributed by atoms with van der Waals surface area (Å²) < 4.78 is 32.7. The van der Waals surface area contributed by atoms with E-state index in [0.717, 1.165) is 20.7 Å². The van der Waals surface area contributed by atoms with Crippen LogP contribution in [0.1, 0.15) is 12.5 Å². The van der Waals surface area contributed by atoms with E-state index >= 15 is 0 Å². The second kappa shape index (κ2) is 7.26. The molecule has 0 aliphatic rings. The average molecular weight is 404 g/mol. The Kier molecular flexibility index (Phi) is 5.60. The molecule has 5 nitrogen and oxygen atoms in total. The molecule has 0 saturated carbocycles. The summed E-state index contributed by atoms with van der Waals surface area (Å²) in [6.07, 6.45) is 0.165. The summed E-state index contributed by atoms with van der Waals surface area (Å²) in [5.41, 5.74) is 1.21. The van der Waals surface area contributed by atoms with E-state index in [2.05, 4.69) is 20.7 Å². The molecule has 118 valence electrons. The predicted molar refractivity (Wildman–Crippen MR) is 89.6 cm³/mol. The first-order valence-electron chi connectivity index (χ1n) is 6.43. The molecule has 0 bridgehead atoms. The van der Waals surface area contributed by atoms with Crippen LogP contribution < -0.4 is 4.72 Å². The van der Waals surface area contributed by atoms with Gasteiger partial charge in [0.25, 0.3) is 10.0 Å². The smallest absolute Gasteiger partial charge is 0.310 e. The molecule has 0 atom stereocenters. The van der Waals surface area contributed by atoms with Crippen LogP contribution in [-0.4, -0.2) is 21.0 Å². The molecular weight excluding hydrogens is 390 g/mol. The summed E-state index contributed by atoms with van der Waals surface area (Å²) in [4.78, 5) is 11.4. The fraction of sp³-hybridized carbons (Fsp3) is 0.214. The highest BCUT2D eigenvalue weighted by Gasteiger charge is 2.16. The highest BCUT2D eigenvalue weighted by atomic mass is 79.9. The summed E-state index contributed by atoms with van der Waals surface area (Å²) in [6.45, 7) is 2.09. The largest absolute Gasteiger partial charge is 0.466 e. The molecule has 0 radical (unpaired) electrons. The van der Waals surface area contributed by atoms with Gasteiger partial charge in [0.2, 0.25) is 0 Å². The second-order valence-electron chi connectivity index (χ2n) is 4.34. The number of esters is 1. The number of benzene rings is 1. The first-order chi connectivity index (χ1) is 10.4. The molecule has 2 rings (SSSR count). The van der Waals surface area contributed by atoms with Crippen LogP contribution in [0.5, 0.6) is 0 Å². The third-order valence-corrected chi connectivity index (χ3v) is 6.17. The van der Waals surface area contributed by atoms with Crippen molar-refractivity contribution in [3.8, 4) is 0 Å². The van der Waals surface area contributed by atoms with E-state index in [4.69, 9.17) is 4.74 Å². The van der Waals surface area contributed by atoms with Crippen molar-refractivity contribution in [2.24, 2.45) is 0 Å². The molecule has 0 unspecified atom stereocenters. The zero-order valence-electron chi connectivity index (χ0n) is 11.7. The molecule has 1 heterocycles. The lowest BCUT2D eigenvalue weighted by molar-refractivity contribution is -0.142. The Hall–Kier alpha value is -1.38. The monoisotopic (exact) mass is 403 g/mol. The zero-order valence-corrected chi connectivity index (χ0v) is 14.9. The average Bonchev–Trinajstić information content (AvgIpc) is 2.88. The van der Waals surface area contributed by atoms with Crippen LogP contribution >= 0.6 is 27.3 Å². The molecule has 0 aliphatic heterocycles. The van der Waals surface area contributed by atoms with Gasteiger partial charge < -0.3 is 4.74 Å². The standard InChI is InChI=1S/C14H14BrNO4S2/c1-2-20-13(17)9-10-3-5-11(6-4-10)16-22(18,19)14-8-7-12(15)21-14/h3-8,16H,2,9H2,1H3. The van der Waals surface area contributed by atoms with Crippen molar-refractivity contribution in [3.05, 3.63) is 45.7 Å². The van der Waals surface area contributed by atoms with Crippen LogP contribution in [0.4, 0.5) is 5.69 Å². The van der Waals surface area contributed by atoms with E-state index in [0.29, 0.717) is 12.3 Å². The van der Waals surface area contributed by atoms with E-state index in [9.17, 15) is 13.2 Å². The normalized spacial score (nSPS) is 11.2. The fourth-order valence-electron chi connectivity index (χ4n) is 1.72. The van der Waals surface area contributed by atoms with Crippen LogP contribution in [0.25, 0.3) is 0 Å². The zero-order chi connectivity index (χ0) is 16.2. The van der Waals surface area contributed by atoms with Crippen LogP contribution in [-0.2, 0) is 26.0 Å². The summed E-state index contributed by atoms with van der Waals surface area (Å²) in [5, 5.41) is 0. The van der Waals surface area contributed by atoms with E-state index in [1.54, 1.807) is 37.3 Å². The van der Waals surface area contributed by atoms with Crippen molar-refractivity contribution in [3.63, 3.8) is 0 Å². The molecular formula is C14H14BrNO4S2. The molecule has 0 aliphatic carbocycles. The Morgan fingerprint density at radius 3 is 2.45 bits per heavy atom. The van der Waals surface area contributed by atoms with Gasteiger partial charge in [0.1, 0.15) is 4.21 Å². The van der Waals surface area contributed by atoms with Gasteiger partial charge in [-0.1, -0.05) is 12.1 Å². The second-order valence-corrected chi connectivity index (χ2v) is 8.72. The molecule has 0 fully saturated rings. The van der Waals surface area contributed by atoms with Crippen molar-refractivity contribution in [1.82, 2.24) is 0 Å². The number of ether oxygens (including phenoxy) is 1. The van der Waals surface area contributed by atoms with Gasteiger partial charge in [0.05, 0.1) is 16.8 Å². The number of hydrogen-bond donors (Lipinski definition) is 1. The van der Waals surface area contributed by atoms with Crippen molar-refractivity contribution >= 4 is 48.9 Å². The number of sulfonamides is 1. The SMILES string of the molecule is CCOC(=O)Cc1ccc(NS(=O)(=O)c2ccc(Br)s2)cc1. The lowest BCUT2D eigenvalue weighted by Crippen LogP contribution is -2.11. The van der Waals surface area contributed by atoms with Gasteiger partial charge >= 0.3 is 5.97 Å². The highest BCUT2D eigenvalue weighted by molar-refractivity contribution is 9.11. The molecule has 1 aromatic heterocycles. The predicted octanol–water partition coefficient (Wildman–Crippen LogP) is 3.42. The lowest BCUT2D eigenvalue weighted by Gasteiger charge is -2.07. The van der Waals surface area contributed by atoms with Crippen molar-refractivity contribution in [2.45, 2.75) is 17.6 Å². The van der Waals surface area contributed by atoms with Crippen molar-refractivity contribution in [1.29, 1.82) is 0 Å². The molecule has 1 aromatic carbocycles. The van der Waals surface area contributed by atoms with Crippen LogP contribution in [0.3, 0.4) is 0 Å². The number of thiophene rings is 1. The number of nitrogens with one attached hydrogen (secondary N) is 1. The van der Waals surface area contributed by atoms with Crippen LogP contribution in [0, 0.1) is 0 Å². The topological polar surface area (TPSA) is 72.5 Å². The Bertz CT molecular complexity index is 753.